The van der Waals surface area contributed by atoms with E-state index < -0.39 is 5.60 Å². The summed E-state index contributed by atoms with van der Waals surface area (Å²) in [5, 5.41) is 12.0. The molecule has 0 fully saturated rings. The monoisotopic (exact) mass is 444 g/mol. The zero-order valence-corrected chi connectivity index (χ0v) is 18.5. The van der Waals surface area contributed by atoms with Crippen molar-refractivity contribution in [3.8, 4) is 23.0 Å². The second-order valence-corrected chi connectivity index (χ2v) is 8.12. The summed E-state index contributed by atoms with van der Waals surface area (Å²) in [4.78, 5) is 13.4. The minimum Gasteiger partial charge on any atom is -0.497 e. The number of carbonyl (C=O) groups excluding carboxylic acids is 1. The molecule has 2 aliphatic rings. The van der Waals surface area contributed by atoms with E-state index in [9.17, 15) is 9.90 Å². The van der Waals surface area contributed by atoms with Gasteiger partial charge in [-0.15, -0.1) is 0 Å². The van der Waals surface area contributed by atoms with Gasteiger partial charge >= 0.3 is 0 Å². The summed E-state index contributed by atoms with van der Waals surface area (Å²) in [6, 6.07) is 20.6. The molecule has 5 rings (SSSR count). The maximum absolute atomic E-state index is 13.4. The van der Waals surface area contributed by atoms with Gasteiger partial charge in [0.1, 0.15) is 11.4 Å². The number of carbonyl (C=O) groups is 1. The Hall–Kier alpha value is -3.77. The normalized spacial score (nSPS) is 19.2. The van der Waals surface area contributed by atoms with Crippen molar-refractivity contribution in [2.24, 2.45) is 0 Å². The molecule has 0 bridgehead atoms. The van der Waals surface area contributed by atoms with E-state index in [0.29, 0.717) is 51.7 Å². The molecule has 1 aliphatic carbocycles. The van der Waals surface area contributed by atoms with Crippen molar-refractivity contribution in [3.63, 3.8) is 0 Å². The van der Waals surface area contributed by atoms with Crippen LogP contribution in [-0.2, 0) is 16.8 Å². The van der Waals surface area contributed by atoms with E-state index in [1.165, 1.54) is 0 Å². The minimum absolute atomic E-state index is 0.0480. The highest BCUT2D eigenvalue weighted by atomic mass is 16.7. The first-order valence-corrected chi connectivity index (χ1v) is 10.7. The van der Waals surface area contributed by atoms with Crippen LogP contribution in [0.1, 0.15) is 23.1 Å². The zero-order valence-electron chi connectivity index (χ0n) is 18.5. The average Bonchev–Trinajstić information content (AvgIpc) is 3.41. The molecular formula is C27H24O6. The maximum atomic E-state index is 13.4. The number of hydrogen-bond donors (Lipinski definition) is 1. The molecule has 0 aromatic heterocycles. The molecule has 0 amide bonds. The fourth-order valence-electron chi connectivity index (χ4n) is 4.59. The summed E-state index contributed by atoms with van der Waals surface area (Å²) < 4.78 is 21.8. The number of allylic oxidation sites excluding steroid dienone is 1. The summed E-state index contributed by atoms with van der Waals surface area (Å²) >= 11 is 0. The van der Waals surface area contributed by atoms with Gasteiger partial charge in [0.2, 0.25) is 12.5 Å². The Morgan fingerprint density at radius 3 is 2.42 bits per heavy atom. The summed E-state index contributed by atoms with van der Waals surface area (Å²) in [5.41, 5.74) is 1.96. The van der Waals surface area contributed by atoms with Gasteiger partial charge in [0.05, 0.1) is 14.2 Å². The van der Waals surface area contributed by atoms with Crippen molar-refractivity contribution >= 4 is 11.4 Å². The van der Waals surface area contributed by atoms with E-state index in [4.69, 9.17) is 18.9 Å². The lowest BCUT2D eigenvalue weighted by Gasteiger charge is -2.27. The number of rotatable bonds is 6. The van der Waals surface area contributed by atoms with Gasteiger partial charge in [-0.25, -0.2) is 0 Å². The van der Waals surface area contributed by atoms with E-state index in [1.807, 2.05) is 30.3 Å². The molecule has 0 spiro atoms. The number of hydrogen-bond acceptors (Lipinski definition) is 6. The molecule has 3 aromatic rings. The van der Waals surface area contributed by atoms with Crippen LogP contribution in [0.5, 0.6) is 23.0 Å². The van der Waals surface area contributed by atoms with Crippen LogP contribution < -0.4 is 18.9 Å². The van der Waals surface area contributed by atoms with Crippen molar-refractivity contribution in [2.45, 2.75) is 18.4 Å². The predicted molar refractivity (Wildman–Crippen MR) is 123 cm³/mol. The fourth-order valence-corrected chi connectivity index (χ4v) is 4.59. The Kier molecular flexibility index (Phi) is 5.30. The van der Waals surface area contributed by atoms with Crippen LogP contribution >= 0.6 is 0 Å². The number of ether oxygens (including phenoxy) is 4. The Morgan fingerprint density at radius 2 is 1.73 bits per heavy atom. The molecule has 0 saturated heterocycles. The molecular weight excluding hydrogens is 420 g/mol. The molecule has 6 nitrogen and oxygen atoms in total. The second kappa shape index (κ2) is 8.30. The van der Waals surface area contributed by atoms with Gasteiger partial charge in [0, 0.05) is 12.0 Å². The van der Waals surface area contributed by atoms with Crippen LogP contribution in [0.4, 0.5) is 0 Å². The number of benzene rings is 3. The third kappa shape index (κ3) is 3.62. The molecule has 1 heterocycles. The van der Waals surface area contributed by atoms with E-state index >= 15 is 0 Å². The average molecular weight is 444 g/mol. The van der Waals surface area contributed by atoms with Crippen LogP contribution in [0.2, 0.25) is 0 Å². The number of Topliss-reactive ketones (excluding diaryl/α,β-unsaturated/α-hetero) is 1. The first-order valence-electron chi connectivity index (χ1n) is 10.7. The Balaban J connectivity index is 1.70. The van der Waals surface area contributed by atoms with Crippen LogP contribution in [0.3, 0.4) is 0 Å². The topological polar surface area (TPSA) is 74.2 Å². The third-order valence-electron chi connectivity index (χ3n) is 6.23. The number of methoxy groups -OCH3 is 2. The smallest absolute Gasteiger partial charge is 0.231 e. The molecule has 6 heteroatoms. The Labute approximate surface area is 192 Å². The van der Waals surface area contributed by atoms with Crippen LogP contribution in [-0.4, -0.2) is 31.9 Å². The Morgan fingerprint density at radius 1 is 0.970 bits per heavy atom. The SMILES string of the molecule is COc1ccc(C2(O)CC(=O)C(c3cc(OC)c4c(c3)OCO4)=C2Cc2ccccc2)cc1. The van der Waals surface area contributed by atoms with Gasteiger partial charge in [-0.3, -0.25) is 4.79 Å². The highest BCUT2D eigenvalue weighted by Gasteiger charge is 2.46. The van der Waals surface area contributed by atoms with E-state index in [1.54, 1.807) is 50.6 Å². The van der Waals surface area contributed by atoms with Crippen molar-refractivity contribution in [3.05, 3.63) is 89.0 Å². The van der Waals surface area contributed by atoms with Crippen molar-refractivity contribution < 1.29 is 28.8 Å². The fraction of sp³-hybridized carbons (Fsp3) is 0.222. The van der Waals surface area contributed by atoms with Crippen molar-refractivity contribution in [2.75, 3.05) is 21.0 Å². The van der Waals surface area contributed by atoms with Crippen LogP contribution in [0.25, 0.3) is 5.57 Å². The number of fused-ring (bicyclic) bond motifs is 1. The molecule has 1 N–H and O–H groups in total. The zero-order chi connectivity index (χ0) is 23.0. The summed E-state index contributed by atoms with van der Waals surface area (Å²) in [7, 11) is 3.14. The molecule has 0 radical (unpaired) electrons. The minimum atomic E-state index is -1.45. The largest absolute Gasteiger partial charge is 0.497 e. The second-order valence-electron chi connectivity index (χ2n) is 8.12. The third-order valence-corrected chi connectivity index (χ3v) is 6.23. The van der Waals surface area contributed by atoms with Gasteiger partial charge in [0.25, 0.3) is 0 Å². The lowest BCUT2D eigenvalue weighted by Crippen LogP contribution is -2.27. The van der Waals surface area contributed by atoms with E-state index in [-0.39, 0.29) is 19.0 Å². The van der Waals surface area contributed by atoms with Crippen molar-refractivity contribution in [1.82, 2.24) is 0 Å². The maximum Gasteiger partial charge on any atom is 0.231 e. The van der Waals surface area contributed by atoms with Crippen LogP contribution in [0, 0.1) is 0 Å². The number of aliphatic hydroxyl groups is 1. The van der Waals surface area contributed by atoms with E-state index in [2.05, 4.69) is 0 Å². The lowest BCUT2D eigenvalue weighted by atomic mass is 9.83. The molecule has 1 unspecified atom stereocenters. The van der Waals surface area contributed by atoms with Crippen LogP contribution in [0.15, 0.2) is 72.3 Å². The first kappa shape index (κ1) is 21.1. The summed E-state index contributed by atoms with van der Waals surface area (Å²) in [6.07, 6.45) is 0.370. The Bertz CT molecular complexity index is 1230. The van der Waals surface area contributed by atoms with Gasteiger partial charge in [-0.05, 0) is 52.9 Å². The molecule has 1 aliphatic heterocycles. The molecule has 168 valence electrons. The van der Waals surface area contributed by atoms with E-state index in [0.717, 1.165) is 5.56 Å². The summed E-state index contributed by atoms with van der Waals surface area (Å²) in [5.74, 6) is 2.06. The molecule has 1 atom stereocenters. The number of ketones is 1. The van der Waals surface area contributed by atoms with Gasteiger partial charge in [-0.2, -0.15) is 0 Å². The van der Waals surface area contributed by atoms with Gasteiger partial charge in [0.15, 0.2) is 17.3 Å². The summed E-state index contributed by atoms with van der Waals surface area (Å²) in [6.45, 7) is 0.0921. The lowest BCUT2D eigenvalue weighted by molar-refractivity contribution is -0.116. The molecule has 3 aromatic carbocycles. The van der Waals surface area contributed by atoms with Crippen molar-refractivity contribution in [1.29, 1.82) is 0 Å². The van der Waals surface area contributed by atoms with Gasteiger partial charge < -0.3 is 24.1 Å². The van der Waals surface area contributed by atoms with Gasteiger partial charge in [-0.1, -0.05) is 42.5 Å². The highest BCUT2D eigenvalue weighted by Crippen LogP contribution is 2.50. The highest BCUT2D eigenvalue weighted by molar-refractivity contribution is 6.25. The quantitative estimate of drug-likeness (QED) is 0.612. The molecule has 33 heavy (non-hydrogen) atoms. The predicted octanol–water partition coefficient (Wildman–Crippen LogP) is 4.29. The first-order chi connectivity index (χ1) is 16.0. The molecule has 0 saturated carbocycles. The standard InChI is InChI=1S/C27H24O6/c1-30-20-10-8-19(9-11-20)27(29)15-22(28)25(21(27)12-17-6-4-3-5-7-17)18-13-23(31-2)26-24(14-18)32-16-33-26/h3-11,13-14,29H,12,15-16H2,1-2H3.